The Kier molecular flexibility index (Phi) is 2.42. The zero-order chi connectivity index (χ0) is 13.5. The van der Waals surface area contributed by atoms with Gasteiger partial charge in [0.1, 0.15) is 5.82 Å². The van der Waals surface area contributed by atoms with Crippen molar-refractivity contribution in [2.24, 2.45) is 0 Å². The number of pyridine rings is 1. The fraction of sp³-hybridized carbons (Fsp3) is 0.188. The summed E-state index contributed by atoms with van der Waals surface area (Å²) in [5, 5.41) is 2.20. The van der Waals surface area contributed by atoms with Gasteiger partial charge in [-0.15, -0.1) is 0 Å². The summed E-state index contributed by atoms with van der Waals surface area (Å²) in [5.41, 5.74) is 9.26. The quantitative estimate of drug-likeness (QED) is 0.732. The second-order valence-electron chi connectivity index (χ2n) is 5.12. The number of fused-ring (bicyclic) bond motifs is 2. The molecule has 0 unspecified atom stereocenters. The molecule has 0 fully saturated rings. The van der Waals surface area contributed by atoms with E-state index in [1.807, 2.05) is 30.6 Å². The van der Waals surface area contributed by atoms with E-state index in [-0.39, 0.29) is 0 Å². The molecule has 2 N–H and O–H groups in total. The van der Waals surface area contributed by atoms with Crippen LogP contribution in [0.25, 0.3) is 22.2 Å². The second-order valence-corrected chi connectivity index (χ2v) is 5.12. The van der Waals surface area contributed by atoms with Crippen LogP contribution in [0.4, 0.5) is 5.82 Å². The number of benzene rings is 1. The molecule has 0 bridgehead atoms. The fourth-order valence-electron chi connectivity index (χ4n) is 2.88. The maximum absolute atomic E-state index is 6.08. The Labute approximate surface area is 116 Å². The molecule has 2 heterocycles. The zero-order valence-corrected chi connectivity index (χ0v) is 11.0. The van der Waals surface area contributed by atoms with E-state index in [0.29, 0.717) is 11.6 Å². The third-order valence-corrected chi connectivity index (χ3v) is 3.87. The van der Waals surface area contributed by atoms with E-state index in [2.05, 4.69) is 16.0 Å². The summed E-state index contributed by atoms with van der Waals surface area (Å²) in [5.74, 6) is 1.31. The normalized spacial score (nSPS) is 13.6. The van der Waals surface area contributed by atoms with Gasteiger partial charge in [-0.2, -0.15) is 0 Å². The third kappa shape index (κ3) is 1.65. The van der Waals surface area contributed by atoms with E-state index in [0.717, 1.165) is 46.9 Å². The molecule has 0 spiro atoms. The minimum Gasteiger partial charge on any atom is -0.383 e. The van der Waals surface area contributed by atoms with E-state index in [4.69, 9.17) is 10.7 Å². The van der Waals surface area contributed by atoms with Crippen LogP contribution in [0.5, 0.6) is 0 Å². The highest BCUT2D eigenvalue weighted by Gasteiger charge is 2.19. The third-order valence-electron chi connectivity index (χ3n) is 3.87. The maximum Gasteiger partial charge on any atom is 0.163 e. The lowest BCUT2D eigenvalue weighted by atomic mass is 10.1. The van der Waals surface area contributed by atoms with Crippen LogP contribution in [-0.2, 0) is 12.8 Å². The lowest BCUT2D eigenvalue weighted by Crippen LogP contribution is -2.03. The van der Waals surface area contributed by atoms with Gasteiger partial charge in [0.2, 0.25) is 0 Å². The van der Waals surface area contributed by atoms with Crippen molar-refractivity contribution >= 4 is 16.6 Å². The van der Waals surface area contributed by atoms with Gasteiger partial charge in [0.15, 0.2) is 5.82 Å². The Hall–Kier alpha value is -2.49. The molecule has 1 aliphatic rings. The van der Waals surface area contributed by atoms with Crippen molar-refractivity contribution in [1.29, 1.82) is 0 Å². The standard InChI is InChI=1S/C16H14N4/c17-15-12-6-3-7-14(12)19-16(20-15)13-9-18-8-10-4-1-2-5-11(10)13/h1-2,4-5,8-9H,3,6-7H2,(H2,17,19,20). The summed E-state index contributed by atoms with van der Waals surface area (Å²) in [6.45, 7) is 0. The van der Waals surface area contributed by atoms with Gasteiger partial charge >= 0.3 is 0 Å². The molecule has 4 rings (SSSR count). The van der Waals surface area contributed by atoms with Gasteiger partial charge in [-0.25, -0.2) is 9.97 Å². The van der Waals surface area contributed by atoms with Gasteiger partial charge in [0.25, 0.3) is 0 Å². The van der Waals surface area contributed by atoms with Crippen molar-refractivity contribution < 1.29 is 0 Å². The molecule has 1 aromatic carbocycles. The SMILES string of the molecule is Nc1nc(-c2cncc3ccccc23)nc2c1CCC2. The number of nitrogens with zero attached hydrogens (tertiary/aromatic N) is 3. The molecule has 4 heteroatoms. The van der Waals surface area contributed by atoms with Crippen LogP contribution < -0.4 is 5.73 Å². The minimum absolute atomic E-state index is 0.621. The monoisotopic (exact) mass is 262 g/mol. The van der Waals surface area contributed by atoms with Crippen molar-refractivity contribution in [3.8, 4) is 11.4 Å². The first-order chi connectivity index (χ1) is 9.83. The first-order valence-corrected chi connectivity index (χ1v) is 6.81. The van der Waals surface area contributed by atoms with Crippen LogP contribution in [0.3, 0.4) is 0 Å². The molecule has 20 heavy (non-hydrogen) atoms. The molecule has 0 radical (unpaired) electrons. The van der Waals surface area contributed by atoms with Gasteiger partial charge in [0.05, 0.1) is 0 Å². The van der Waals surface area contributed by atoms with Crippen LogP contribution in [0.1, 0.15) is 17.7 Å². The van der Waals surface area contributed by atoms with Crippen molar-refractivity contribution in [1.82, 2.24) is 15.0 Å². The Morgan fingerprint density at radius 1 is 1.00 bits per heavy atom. The van der Waals surface area contributed by atoms with Crippen molar-refractivity contribution in [2.75, 3.05) is 5.73 Å². The molecule has 2 aromatic heterocycles. The van der Waals surface area contributed by atoms with E-state index < -0.39 is 0 Å². The summed E-state index contributed by atoms with van der Waals surface area (Å²) in [6, 6.07) is 8.13. The minimum atomic E-state index is 0.621. The molecule has 3 aromatic rings. The predicted molar refractivity (Wildman–Crippen MR) is 79.2 cm³/mol. The first-order valence-electron chi connectivity index (χ1n) is 6.81. The molecule has 0 amide bonds. The van der Waals surface area contributed by atoms with E-state index in [1.165, 1.54) is 0 Å². The van der Waals surface area contributed by atoms with Gasteiger partial charge < -0.3 is 5.73 Å². The van der Waals surface area contributed by atoms with Crippen LogP contribution in [-0.4, -0.2) is 15.0 Å². The highest BCUT2D eigenvalue weighted by molar-refractivity contribution is 5.94. The number of nitrogen functional groups attached to an aromatic ring is 1. The highest BCUT2D eigenvalue weighted by Crippen LogP contribution is 2.30. The highest BCUT2D eigenvalue weighted by atomic mass is 15.0. The summed E-state index contributed by atoms with van der Waals surface area (Å²) in [4.78, 5) is 13.5. The lowest BCUT2D eigenvalue weighted by molar-refractivity contribution is 0.900. The number of hydrogen-bond acceptors (Lipinski definition) is 4. The molecule has 4 nitrogen and oxygen atoms in total. The second kappa shape index (κ2) is 4.27. The lowest BCUT2D eigenvalue weighted by Gasteiger charge is -2.08. The Morgan fingerprint density at radius 3 is 2.85 bits per heavy atom. The largest absolute Gasteiger partial charge is 0.383 e. The topological polar surface area (TPSA) is 64.7 Å². The van der Waals surface area contributed by atoms with E-state index in [1.54, 1.807) is 0 Å². The maximum atomic E-state index is 6.08. The molecular weight excluding hydrogens is 248 g/mol. The number of aryl methyl sites for hydroxylation is 1. The molecular formula is C16H14N4. The molecule has 0 saturated heterocycles. The van der Waals surface area contributed by atoms with E-state index in [9.17, 15) is 0 Å². The van der Waals surface area contributed by atoms with E-state index >= 15 is 0 Å². The van der Waals surface area contributed by atoms with Gasteiger partial charge in [0, 0.05) is 34.6 Å². The average Bonchev–Trinajstić information content (AvgIpc) is 2.95. The van der Waals surface area contributed by atoms with Crippen LogP contribution in [0.2, 0.25) is 0 Å². The molecule has 0 saturated carbocycles. The number of hydrogen-bond donors (Lipinski definition) is 1. The first kappa shape index (κ1) is 11.3. The summed E-state index contributed by atoms with van der Waals surface area (Å²) < 4.78 is 0. The van der Waals surface area contributed by atoms with Gasteiger partial charge in [-0.1, -0.05) is 24.3 Å². The fourth-order valence-corrected chi connectivity index (χ4v) is 2.88. The summed E-state index contributed by atoms with van der Waals surface area (Å²) in [7, 11) is 0. The van der Waals surface area contributed by atoms with Crippen LogP contribution >= 0.6 is 0 Å². The van der Waals surface area contributed by atoms with Crippen LogP contribution in [0.15, 0.2) is 36.7 Å². The number of nitrogens with two attached hydrogens (primary N) is 1. The summed E-state index contributed by atoms with van der Waals surface area (Å²) >= 11 is 0. The van der Waals surface area contributed by atoms with Gasteiger partial charge in [-0.3, -0.25) is 4.98 Å². The molecule has 0 aliphatic heterocycles. The molecule has 98 valence electrons. The summed E-state index contributed by atoms with van der Waals surface area (Å²) in [6.07, 6.45) is 6.78. The Morgan fingerprint density at radius 2 is 1.90 bits per heavy atom. The van der Waals surface area contributed by atoms with Crippen LogP contribution in [0, 0.1) is 0 Å². The number of rotatable bonds is 1. The molecule has 0 atom stereocenters. The number of aromatic nitrogens is 3. The Balaban J connectivity index is 1.98. The average molecular weight is 262 g/mol. The van der Waals surface area contributed by atoms with Crippen molar-refractivity contribution in [3.05, 3.63) is 47.9 Å². The van der Waals surface area contributed by atoms with Crippen molar-refractivity contribution in [2.45, 2.75) is 19.3 Å². The Bertz CT molecular complexity index is 805. The zero-order valence-electron chi connectivity index (χ0n) is 11.0. The number of anilines is 1. The molecule has 1 aliphatic carbocycles. The van der Waals surface area contributed by atoms with Crippen molar-refractivity contribution in [3.63, 3.8) is 0 Å². The van der Waals surface area contributed by atoms with Gasteiger partial charge in [-0.05, 0) is 24.6 Å². The smallest absolute Gasteiger partial charge is 0.163 e. The predicted octanol–water partition coefficient (Wildman–Crippen LogP) is 2.76.